The standard InChI is InChI=1S/C14H6I2N2/c15-9-4-11-13-8(14(9)16)6-18-10-3-1-2-7(5-17-11)12(10)13/h1-6H. The SMILES string of the molecule is Ic1cc2ncc3cccc4ncc(c1I)c2c34. The molecule has 4 aromatic rings. The van der Waals surface area contributed by atoms with Gasteiger partial charge in [0.15, 0.2) is 0 Å². The van der Waals surface area contributed by atoms with E-state index in [9.17, 15) is 0 Å². The van der Waals surface area contributed by atoms with Gasteiger partial charge in [0.1, 0.15) is 0 Å². The van der Waals surface area contributed by atoms with E-state index in [-0.39, 0.29) is 0 Å². The van der Waals surface area contributed by atoms with Crippen LogP contribution in [0.15, 0.2) is 36.7 Å². The zero-order valence-corrected chi connectivity index (χ0v) is 13.4. The lowest BCUT2D eigenvalue weighted by molar-refractivity contribution is 1.40. The van der Waals surface area contributed by atoms with Crippen molar-refractivity contribution in [2.45, 2.75) is 0 Å². The fourth-order valence-electron chi connectivity index (χ4n) is 2.44. The van der Waals surface area contributed by atoms with Crippen LogP contribution in [0.1, 0.15) is 0 Å². The Kier molecular flexibility index (Phi) is 2.38. The van der Waals surface area contributed by atoms with E-state index >= 15 is 0 Å². The van der Waals surface area contributed by atoms with Crippen molar-refractivity contribution in [3.8, 4) is 0 Å². The van der Waals surface area contributed by atoms with Crippen LogP contribution in [0, 0.1) is 7.14 Å². The topological polar surface area (TPSA) is 25.8 Å². The minimum Gasteiger partial charge on any atom is -0.256 e. The Morgan fingerprint density at radius 1 is 0.889 bits per heavy atom. The zero-order chi connectivity index (χ0) is 12.3. The van der Waals surface area contributed by atoms with Crippen molar-refractivity contribution >= 4 is 77.8 Å². The summed E-state index contributed by atoms with van der Waals surface area (Å²) in [6.07, 6.45) is 3.91. The molecule has 4 heteroatoms. The maximum Gasteiger partial charge on any atom is 0.0727 e. The fourth-order valence-corrected chi connectivity index (χ4v) is 3.59. The average Bonchev–Trinajstić information content (AvgIpc) is 2.40. The zero-order valence-electron chi connectivity index (χ0n) is 9.11. The molecule has 0 fully saturated rings. The molecule has 0 saturated heterocycles. The molecule has 0 aliphatic carbocycles. The van der Waals surface area contributed by atoms with Gasteiger partial charge in [-0.15, -0.1) is 0 Å². The molecule has 2 nitrogen and oxygen atoms in total. The monoisotopic (exact) mass is 456 g/mol. The molecule has 0 saturated carbocycles. The maximum atomic E-state index is 4.58. The number of hydrogen-bond donors (Lipinski definition) is 0. The first-order valence-corrected chi connectivity index (χ1v) is 7.65. The van der Waals surface area contributed by atoms with Gasteiger partial charge < -0.3 is 0 Å². The first kappa shape index (κ1) is 11.1. The Balaban J connectivity index is 2.46. The number of nitrogens with zero attached hydrogens (tertiary/aromatic N) is 2. The van der Waals surface area contributed by atoms with E-state index in [1.165, 1.54) is 23.3 Å². The second kappa shape index (κ2) is 3.86. The Morgan fingerprint density at radius 3 is 2.61 bits per heavy atom. The number of hydrogen-bond acceptors (Lipinski definition) is 2. The number of aromatic nitrogens is 2. The second-order valence-electron chi connectivity index (χ2n) is 4.24. The molecule has 2 aromatic carbocycles. The van der Waals surface area contributed by atoms with Crippen molar-refractivity contribution in [3.63, 3.8) is 0 Å². The molecule has 0 bridgehead atoms. The Hall–Kier alpha value is -0.760. The van der Waals surface area contributed by atoms with Crippen LogP contribution in [0.5, 0.6) is 0 Å². The molecule has 0 aliphatic rings. The van der Waals surface area contributed by atoms with Crippen LogP contribution in [0.4, 0.5) is 0 Å². The number of benzene rings is 2. The smallest absolute Gasteiger partial charge is 0.0727 e. The predicted molar refractivity (Wildman–Crippen MR) is 91.2 cm³/mol. The molecule has 0 atom stereocenters. The molecule has 2 heterocycles. The second-order valence-corrected chi connectivity index (χ2v) is 6.48. The van der Waals surface area contributed by atoms with Crippen LogP contribution in [0.2, 0.25) is 0 Å². The molecular formula is C14H6I2N2. The molecule has 0 unspecified atom stereocenters. The van der Waals surface area contributed by atoms with Gasteiger partial charge in [0.25, 0.3) is 0 Å². The largest absolute Gasteiger partial charge is 0.256 e. The summed E-state index contributed by atoms with van der Waals surface area (Å²) in [5.74, 6) is 0. The van der Waals surface area contributed by atoms with E-state index in [0.717, 1.165) is 16.4 Å². The molecule has 0 amide bonds. The van der Waals surface area contributed by atoms with Gasteiger partial charge in [0.2, 0.25) is 0 Å². The average molecular weight is 456 g/mol. The third kappa shape index (κ3) is 1.38. The van der Waals surface area contributed by atoms with E-state index in [1.54, 1.807) is 0 Å². The summed E-state index contributed by atoms with van der Waals surface area (Å²) >= 11 is 4.75. The van der Waals surface area contributed by atoms with Gasteiger partial charge in [0.05, 0.1) is 11.0 Å². The Bertz CT molecular complexity index is 886. The molecule has 2 aromatic heterocycles. The van der Waals surface area contributed by atoms with E-state index < -0.39 is 0 Å². The highest BCUT2D eigenvalue weighted by Gasteiger charge is 2.13. The lowest BCUT2D eigenvalue weighted by atomic mass is 10.0. The van der Waals surface area contributed by atoms with Gasteiger partial charge in [-0.2, -0.15) is 0 Å². The van der Waals surface area contributed by atoms with Crippen LogP contribution in [-0.4, -0.2) is 9.97 Å². The van der Waals surface area contributed by atoms with Crippen LogP contribution in [-0.2, 0) is 0 Å². The summed E-state index contributed by atoms with van der Waals surface area (Å²) in [5.41, 5.74) is 2.10. The summed E-state index contributed by atoms with van der Waals surface area (Å²) in [6.45, 7) is 0. The van der Waals surface area contributed by atoms with E-state index in [0.29, 0.717) is 0 Å². The number of halogens is 2. The minimum atomic E-state index is 1.05. The van der Waals surface area contributed by atoms with Gasteiger partial charge in [-0.05, 0) is 57.3 Å². The molecule has 0 radical (unpaired) electrons. The molecule has 0 N–H and O–H groups in total. The summed E-state index contributed by atoms with van der Waals surface area (Å²) < 4.78 is 2.49. The van der Waals surface area contributed by atoms with Gasteiger partial charge in [-0.25, -0.2) is 0 Å². The van der Waals surface area contributed by atoms with Gasteiger partial charge in [-0.3, -0.25) is 9.97 Å². The number of rotatable bonds is 0. The van der Waals surface area contributed by atoms with Crippen molar-refractivity contribution in [3.05, 3.63) is 43.8 Å². The Labute approximate surface area is 130 Å². The molecule has 4 rings (SSSR count). The Morgan fingerprint density at radius 2 is 1.72 bits per heavy atom. The summed E-state index contributed by atoms with van der Waals surface area (Å²) in [6, 6.07) is 8.34. The lowest BCUT2D eigenvalue weighted by Gasteiger charge is -2.11. The highest BCUT2D eigenvalue weighted by Crippen LogP contribution is 2.35. The van der Waals surface area contributed by atoms with Crippen molar-refractivity contribution < 1.29 is 0 Å². The minimum absolute atomic E-state index is 1.05. The van der Waals surface area contributed by atoms with E-state index in [2.05, 4.69) is 73.3 Å². The van der Waals surface area contributed by atoms with Crippen molar-refractivity contribution in [1.29, 1.82) is 0 Å². The number of pyridine rings is 2. The lowest BCUT2D eigenvalue weighted by Crippen LogP contribution is -1.92. The highest BCUT2D eigenvalue weighted by molar-refractivity contribution is 14.1. The quantitative estimate of drug-likeness (QED) is 0.286. The van der Waals surface area contributed by atoms with Crippen LogP contribution in [0.3, 0.4) is 0 Å². The van der Waals surface area contributed by atoms with E-state index in [4.69, 9.17) is 0 Å². The van der Waals surface area contributed by atoms with Crippen LogP contribution >= 0.6 is 45.2 Å². The predicted octanol–water partition coefficient (Wildman–Crippen LogP) is 4.58. The fraction of sp³-hybridized carbons (Fsp3) is 0. The van der Waals surface area contributed by atoms with Gasteiger partial charge in [-0.1, -0.05) is 12.1 Å². The molecule has 18 heavy (non-hydrogen) atoms. The normalized spacial score (nSPS) is 11.9. The summed E-state index contributed by atoms with van der Waals surface area (Å²) in [5, 5.41) is 4.83. The van der Waals surface area contributed by atoms with Crippen LogP contribution < -0.4 is 0 Å². The molecule has 0 spiro atoms. The third-order valence-electron chi connectivity index (χ3n) is 3.24. The summed E-state index contributed by atoms with van der Waals surface area (Å²) in [7, 11) is 0. The van der Waals surface area contributed by atoms with Gasteiger partial charge >= 0.3 is 0 Å². The molecule has 0 aliphatic heterocycles. The molecule has 86 valence electrons. The third-order valence-corrected chi connectivity index (χ3v) is 6.28. The van der Waals surface area contributed by atoms with Crippen molar-refractivity contribution in [2.75, 3.05) is 0 Å². The van der Waals surface area contributed by atoms with Crippen molar-refractivity contribution in [1.82, 2.24) is 9.97 Å². The van der Waals surface area contributed by atoms with Gasteiger partial charge in [0, 0.05) is 41.1 Å². The molecular weight excluding hydrogens is 450 g/mol. The first-order valence-electron chi connectivity index (χ1n) is 5.49. The van der Waals surface area contributed by atoms with E-state index in [1.807, 2.05) is 18.5 Å². The van der Waals surface area contributed by atoms with Crippen LogP contribution in [0.25, 0.3) is 32.6 Å². The first-order chi connectivity index (χ1) is 8.75. The highest BCUT2D eigenvalue weighted by atomic mass is 127. The van der Waals surface area contributed by atoms with Crippen molar-refractivity contribution in [2.24, 2.45) is 0 Å². The maximum absolute atomic E-state index is 4.58. The summed E-state index contributed by atoms with van der Waals surface area (Å²) in [4.78, 5) is 9.15.